The summed E-state index contributed by atoms with van der Waals surface area (Å²) in [5.74, 6) is 1.64. The number of likely N-dealkylation sites (tertiary alicyclic amines) is 2. The van der Waals surface area contributed by atoms with Crippen molar-refractivity contribution in [2.24, 2.45) is 5.92 Å². The largest absolute Gasteiger partial charge is 0.494 e. The molecule has 2 aliphatic rings. The minimum Gasteiger partial charge on any atom is -0.494 e. The highest BCUT2D eigenvalue weighted by Gasteiger charge is 2.29. The Morgan fingerprint density at radius 3 is 2.50 bits per heavy atom. The lowest BCUT2D eigenvalue weighted by Crippen LogP contribution is -2.44. The fourth-order valence-corrected chi connectivity index (χ4v) is 3.88. The number of hydrogen-bond acceptors (Lipinski definition) is 3. The smallest absolute Gasteiger partial charge is 0.225 e. The van der Waals surface area contributed by atoms with E-state index in [0.717, 1.165) is 51.3 Å². The van der Waals surface area contributed by atoms with E-state index in [1.165, 1.54) is 24.8 Å². The molecule has 0 N–H and O–H groups in total. The molecule has 0 aliphatic carbocycles. The predicted octanol–water partition coefficient (Wildman–Crippen LogP) is 3.31. The van der Waals surface area contributed by atoms with Crippen LogP contribution in [0.1, 0.15) is 44.6 Å². The molecule has 0 aromatic heterocycles. The van der Waals surface area contributed by atoms with Gasteiger partial charge in [0.1, 0.15) is 5.75 Å². The Kier molecular flexibility index (Phi) is 6.13. The molecule has 0 saturated carbocycles. The van der Waals surface area contributed by atoms with Gasteiger partial charge < -0.3 is 9.64 Å². The van der Waals surface area contributed by atoms with Crippen LogP contribution in [0, 0.1) is 5.92 Å². The summed E-state index contributed by atoms with van der Waals surface area (Å²) in [6.45, 7) is 7.59. The van der Waals surface area contributed by atoms with Gasteiger partial charge in [-0.15, -0.1) is 0 Å². The van der Waals surface area contributed by atoms with Crippen LogP contribution < -0.4 is 4.74 Å². The third-order valence-electron chi connectivity index (χ3n) is 5.27. The van der Waals surface area contributed by atoms with E-state index in [9.17, 15) is 4.79 Å². The first-order chi connectivity index (χ1) is 11.8. The molecule has 0 radical (unpaired) electrons. The van der Waals surface area contributed by atoms with Crippen LogP contribution in [-0.4, -0.2) is 48.5 Å². The Morgan fingerprint density at radius 1 is 1.08 bits per heavy atom. The molecule has 0 atom stereocenters. The van der Waals surface area contributed by atoms with Crippen LogP contribution in [0.5, 0.6) is 5.75 Å². The van der Waals surface area contributed by atoms with E-state index in [1.807, 2.05) is 19.1 Å². The van der Waals surface area contributed by atoms with Crippen molar-refractivity contribution in [3.63, 3.8) is 0 Å². The van der Waals surface area contributed by atoms with Gasteiger partial charge >= 0.3 is 0 Å². The highest BCUT2D eigenvalue weighted by Crippen LogP contribution is 2.25. The minimum atomic E-state index is 0.237. The summed E-state index contributed by atoms with van der Waals surface area (Å²) in [4.78, 5) is 17.2. The molecule has 2 heterocycles. The second-order valence-corrected chi connectivity index (χ2v) is 6.98. The summed E-state index contributed by atoms with van der Waals surface area (Å²) in [6.07, 6.45) is 5.62. The van der Waals surface area contributed by atoms with Crippen LogP contribution in [0.3, 0.4) is 0 Å². The van der Waals surface area contributed by atoms with Crippen molar-refractivity contribution < 1.29 is 9.53 Å². The highest BCUT2D eigenvalue weighted by atomic mass is 16.5. The monoisotopic (exact) mass is 330 g/mol. The Bertz CT molecular complexity index is 532. The first kappa shape index (κ1) is 17.3. The molecule has 1 amide bonds. The molecule has 3 rings (SSSR count). The van der Waals surface area contributed by atoms with Gasteiger partial charge in [-0.1, -0.05) is 18.2 Å². The number of carbonyl (C=O) groups is 1. The zero-order valence-corrected chi connectivity index (χ0v) is 14.9. The Morgan fingerprint density at radius 2 is 1.79 bits per heavy atom. The molecule has 1 aromatic carbocycles. The van der Waals surface area contributed by atoms with E-state index in [-0.39, 0.29) is 5.92 Å². The summed E-state index contributed by atoms with van der Waals surface area (Å²) in [5, 5.41) is 0. The summed E-state index contributed by atoms with van der Waals surface area (Å²) in [7, 11) is 0. The van der Waals surface area contributed by atoms with E-state index >= 15 is 0 Å². The summed E-state index contributed by atoms with van der Waals surface area (Å²) < 4.78 is 5.73. The van der Waals surface area contributed by atoms with Gasteiger partial charge in [-0.25, -0.2) is 0 Å². The van der Waals surface area contributed by atoms with Crippen molar-refractivity contribution in [2.75, 3.05) is 32.8 Å². The lowest BCUT2D eigenvalue weighted by atomic mass is 9.94. The van der Waals surface area contributed by atoms with E-state index in [4.69, 9.17) is 4.74 Å². The zero-order valence-electron chi connectivity index (χ0n) is 14.9. The predicted molar refractivity (Wildman–Crippen MR) is 96.0 cm³/mol. The number of benzene rings is 1. The Hall–Kier alpha value is -1.55. The number of para-hydroxylation sites is 1. The van der Waals surface area contributed by atoms with Gasteiger partial charge in [0.2, 0.25) is 5.91 Å². The van der Waals surface area contributed by atoms with Crippen molar-refractivity contribution in [1.82, 2.24) is 9.80 Å². The molecule has 1 aromatic rings. The second kappa shape index (κ2) is 8.52. The molecule has 2 saturated heterocycles. The summed E-state index contributed by atoms with van der Waals surface area (Å²) in [5.41, 5.74) is 1.25. The van der Waals surface area contributed by atoms with Gasteiger partial charge in [0.15, 0.2) is 0 Å². The zero-order chi connectivity index (χ0) is 16.8. The number of rotatable bonds is 5. The number of piperidine rings is 2. The van der Waals surface area contributed by atoms with Crippen LogP contribution in [0.15, 0.2) is 24.3 Å². The minimum absolute atomic E-state index is 0.237. The molecule has 4 nitrogen and oxygen atoms in total. The number of nitrogens with zero attached hydrogens (tertiary/aromatic N) is 2. The molecule has 4 heteroatoms. The molecular formula is C20H30N2O2. The molecule has 2 fully saturated rings. The third kappa shape index (κ3) is 4.29. The van der Waals surface area contributed by atoms with Gasteiger partial charge in [-0.05, 0) is 58.2 Å². The second-order valence-electron chi connectivity index (χ2n) is 6.98. The molecule has 2 aliphatic heterocycles. The number of ether oxygens (including phenoxy) is 1. The summed E-state index contributed by atoms with van der Waals surface area (Å²) in [6, 6.07) is 8.30. The topological polar surface area (TPSA) is 32.8 Å². The highest BCUT2D eigenvalue weighted by molar-refractivity contribution is 5.79. The van der Waals surface area contributed by atoms with Gasteiger partial charge in [-0.2, -0.15) is 0 Å². The SMILES string of the molecule is CCOc1ccccc1CN1CCC(C(=O)N2CCCCC2)CC1. The molecule has 132 valence electrons. The fourth-order valence-electron chi connectivity index (χ4n) is 3.88. The molecule has 24 heavy (non-hydrogen) atoms. The molecular weight excluding hydrogens is 300 g/mol. The standard InChI is InChI=1S/C20H30N2O2/c1-2-24-19-9-5-4-8-18(19)16-21-14-10-17(11-15-21)20(23)22-12-6-3-7-13-22/h4-5,8-9,17H,2-3,6-7,10-16H2,1H3. The number of amides is 1. The quantitative estimate of drug-likeness (QED) is 0.830. The Labute approximate surface area is 145 Å². The van der Waals surface area contributed by atoms with Crippen molar-refractivity contribution in [2.45, 2.75) is 45.6 Å². The first-order valence-corrected chi connectivity index (χ1v) is 9.49. The number of hydrogen-bond donors (Lipinski definition) is 0. The van der Waals surface area contributed by atoms with Gasteiger partial charge in [-0.3, -0.25) is 9.69 Å². The maximum Gasteiger partial charge on any atom is 0.225 e. The van der Waals surface area contributed by atoms with Crippen LogP contribution in [0.4, 0.5) is 0 Å². The number of carbonyl (C=O) groups excluding carboxylic acids is 1. The van der Waals surface area contributed by atoms with Crippen molar-refractivity contribution >= 4 is 5.91 Å². The average molecular weight is 330 g/mol. The van der Waals surface area contributed by atoms with Gasteiger partial charge in [0, 0.05) is 31.1 Å². The first-order valence-electron chi connectivity index (χ1n) is 9.49. The van der Waals surface area contributed by atoms with Crippen molar-refractivity contribution in [1.29, 1.82) is 0 Å². The van der Waals surface area contributed by atoms with E-state index < -0.39 is 0 Å². The third-order valence-corrected chi connectivity index (χ3v) is 5.27. The maximum atomic E-state index is 12.6. The average Bonchev–Trinajstić information content (AvgIpc) is 2.64. The maximum absolute atomic E-state index is 12.6. The van der Waals surface area contributed by atoms with Gasteiger partial charge in [0.05, 0.1) is 6.61 Å². The lowest BCUT2D eigenvalue weighted by Gasteiger charge is -2.35. The molecule has 0 unspecified atom stereocenters. The van der Waals surface area contributed by atoms with E-state index in [2.05, 4.69) is 21.9 Å². The van der Waals surface area contributed by atoms with Crippen LogP contribution in [-0.2, 0) is 11.3 Å². The molecule has 0 spiro atoms. The van der Waals surface area contributed by atoms with Crippen LogP contribution >= 0.6 is 0 Å². The van der Waals surface area contributed by atoms with Crippen molar-refractivity contribution in [3.8, 4) is 5.75 Å². The lowest BCUT2D eigenvalue weighted by molar-refractivity contribution is -0.138. The molecule has 0 bridgehead atoms. The van der Waals surface area contributed by atoms with E-state index in [0.29, 0.717) is 12.5 Å². The van der Waals surface area contributed by atoms with Crippen molar-refractivity contribution in [3.05, 3.63) is 29.8 Å². The van der Waals surface area contributed by atoms with Crippen LogP contribution in [0.25, 0.3) is 0 Å². The fraction of sp³-hybridized carbons (Fsp3) is 0.650. The van der Waals surface area contributed by atoms with E-state index in [1.54, 1.807) is 0 Å². The van der Waals surface area contributed by atoms with Gasteiger partial charge in [0.25, 0.3) is 0 Å². The normalized spacial score (nSPS) is 20.1. The van der Waals surface area contributed by atoms with Crippen LogP contribution in [0.2, 0.25) is 0 Å². The Balaban J connectivity index is 1.51. The summed E-state index contributed by atoms with van der Waals surface area (Å²) >= 11 is 0.